The van der Waals surface area contributed by atoms with Gasteiger partial charge in [-0.3, -0.25) is 4.79 Å². The van der Waals surface area contributed by atoms with E-state index < -0.39 is 0 Å². The summed E-state index contributed by atoms with van der Waals surface area (Å²) in [5, 5.41) is 3.11. The molecule has 0 saturated heterocycles. The Morgan fingerprint density at radius 2 is 1.94 bits per heavy atom. The average molecular weight is 226 g/mol. The highest BCUT2D eigenvalue weighted by atomic mass is 16.2. The van der Waals surface area contributed by atoms with Crippen LogP contribution in [-0.4, -0.2) is 38.0 Å². The summed E-state index contributed by atoms with van der Waals surface area (Å²) < 4.78 is 0. The van der Waals surface area contributed by atoms with Crippen LogP contribution in [0, 0.1) is 5.41 Å². The van der Waals surface area contributed by atoms with Gasteiger partial charge < -0.3 is 10.2 Å². The highest BCUT2D eigenvalue weighted by molar-refractivity contribution is 5.82. The molecule has 1 rings (SSSR count). The Morgan fingerprint density at radius 1 is 1.31 bits per heavy atom. The molecule has 3 heteroatoms. The molecule has 1 amide bonds. The normalized spacial score (nSPS) is 19.4. The molecule has 94 valence electrons. The van der Waals surface area contributed by atoms with Crippen molar-refractivity contribution in [1.82, 2.24) is 10.2 Å². The van der Waals surface area contributed by atoms with Crippen LogP contribution in [0.1, 0.15) is 45.4 Å². The van der Waals surface area contributed by atoms with Crippen LogP contribution in [0.25, 0.3) is 0 Å². The number of amides is 1. The van der Waals surface area contributed by atoms with Gasteiger partial charge in [0.05, 0.1) is 0 Å². The SMILES string of the molecule is CNCCCN(C)C(=O)C1(C)CCCCC1. The highest BCUT2D eigenvalue weighted by Crippen LogP contribution is 2.37. The maximum Gasteiger partial charge on any atom is 0.228 e. The molecule has 0 bridgehead atoms. The Hall–Kier alpha value is -0.570. The first-order valence-electron chi connectivity index (χ1n) is 6.50. The summed E-state index contributed by atoms with van der Waals surface area (Å²) in [6.07, 6.45) is 6.91. The molecule has 1 saturated carbocycles. The Labute approximate surface area is 99.6 Å². The number of nitrogens with one attached hydrogen (secondary N) is 1. The van der Waals surface area contributed by atoms with Gasteiger partial charge in [0.1, 0.15) is 0 Å². The lowest BCUT2D eigenvalue weighted by Gasteiger charge is -2.35. The first-order chi connectivity index (χ1) is 7.60. The lowest BCUT2D eigenvalue weighted by molar-refractivity contribution is -0.141. The van der Waals surface area contributed by atoms with E-state index in [2.05, 4.69) is 12.2 Å². The molecule has 1 N–H and O–H groups in total. The summed E-state index contributed by atoms with van der Waals surface area (Å²) in [5.41, 5.74) is -0.0767. The van der Waals surface area contributed by atoms with Gasteiger partial charge in [0, 0.05) is 19.0 Å². The third-order valence-electron chi connectivity index (χ3n) is 3.74. The van der Waals surface area contributed by atoms with E-state index in [0.29, 0.717) is 5.91 Å². The third kappa shape index (κ3) is 3.48. The summed E-state index contributed by atoms with van der Waals surface area (Å²) >= 11 is 0. The fourth-order valence-corrected chi connectivity index (χ4v) is 2.60. The van der Waals surface area contributed by atoms with E-state index in [0.717, 1.165) is 32.4 Å². The van der Waals surface area contributed by atoms with Crippen LogP contribution >= 0.6 is 0 Å². The fraction of sp³-hybridized carbons (Fsp3) is 0.923. The molecule has 0 spiro atoms. The number of hydrogen-bond donors (Lipinski definition) is 1. The molecule has 1 aliphatic carbocycles. The quantitative estimate of drug-likeness (QED) is 0.727. The second-order valence-electron chi connectivity index (χ2n) is 5.31. The maximum absolute atomic E-state index is 12.3. The zero-order chi connectivity index (χ0) is 12.0. The van der Waals surface area contributed by atoms with Gasteiger partial charge in [0.25, 0.3) is 0 Å². The van der Waals surface area contributed by atoms with Crippen molar-refractivity contribution in [2.24, 2.45) is 5.41 Å². The molecule has 3 nitrogen and oxygen atoms in total. The average Bonchev–Trinajstić information content (AvgIpc) is 2.29. The van der Waals surface area contributed by atoms with E-state index >= 15 is 0 Å². The van der Waals surface area contributed by atoms with Crippen LogP contribution in [0.4, 0.5) is 0 Å². The predicted molar refractivity (Wildman–Crippen MR) is 67.4 cm³/mol. The maximum atomic E-state index is 12.3. The minimum atomic E-state index is -0.0767. The smallest absolute Gasteiger partial charge is 0.228 e. The minimum Gasteiger partial charge on any atom is -0.345 e. The van der Waals surface area contributed by atoms with Crippen molar-refractivity contribution in [1.29, 1.82) is 0 Å². The van der Waals surface area contributed by atoms with Crippen molar-refractivity contribution in [3.05, 3.63) is 0 Å². The van der Waals surface area contributed by atoms with E-state index in [-0.39, 0.29) is 5.41 Å². The van der Waals surface area contributed by atoms with Crippen molar-refractivity contribution in [2.45, 2.75) is 45.4 Å². The molecular weight excluding hydrogens is 200 g/mol. The highest BCUT2D eigenvalue weighted by Gasteiger charge is 2.36. The molecule has 1 fully saturated rings. The molecule has 0 aromatic rings. The van der Waals surface area contributed by atoms with Crippen LogP contribution in [0.3, 0.4) is 0 Å². The lowest BCUT2D eigenvalue weighted by Crippen LogP contribution is -2.42. The summed E-state index contributed by atoms with van der Waals surface area (Å²) in [7, 11) is 3.89. The van der Waals surface area contributed by atoms with Gasteiger partial charge in [0.15, 0.2) is 0 Å². The first kappa shape index (κ1) is 13.5. The van der Waals surface area contributed by atoms with Crippen LogP contribution < -0.4 is 5.32 Å². The molecule has 0 atom stereocenters. The van der Waals surface area contributed by atoms with Gasteiger partial charge in [-0.25, -0.2) is 0 Å². The topological polar surface area (TPSA) is 32.3 Å². The number of hydrogen-bond acceptors (Lipinski definition) is 2. The van der Waals surface area contributed by atoms with E-state index in [1.54, 1.807) is 0 Å². The van der Waals surface area contributed by atoms with Crippen molar-refractivity contribution in [3.63, 3.8) is 0 Å². The Morgan fingerprint density at radius 3 is 2.50 bits per heavy atom. The van der Waals surface area contributed by atoms with Crippen LogP contribution in [0.2, 0.25) is 0 Å². The van der Waals surface area contributed by atoms with Gasteiger partial charge in [-0.15, -0.1) is 0 Å². The second kappa shape index (κ2) is 6.24. The number of carbonyl (C=O) groups is 1. The largest absolute Gasteiger partial charge is 0.345 e. The first-order valence-corrected chi connectivity index (χ1v) is 6.50. The van der Waals surface area contributed by atoms with E-state index in [9.17, 15) is 4.79 Å². The van der Waals surface area contributed by atoms with E-state index in [4.69, 9.17) is 0 Å². The van der Waals surface area contributed by atoms with Gasteiger partial charge in [-0.1, -0.05) is 26.2 Å². The van der Waals surface area contributed by atoms with Gasteiger partial charge >= 0.3 is 0 Å². The van der Waals surface area contributed by atoms with Crippen LogP contribution in [0.15, 0.2) is 0 Å². The summed E-state index contributed by atoms with van der Waals surface area (Å²) in [6, 6.07) is 0. The van der Waals surface area contributed by atoms with Crippen molar-refractivity contribution < 1.29 is 4.79 Å². The molecule has 16 heavy (non-hydrogen) atoms. The van der Waals surface area contributed by atoms with Gasteiger partial charge in [-0.2, -0.15) is 0 Å². The second-order valence-corrected chi connectivity index (χ2v) is 5.31. The monoisotopic (exact) mass is 226 g/mol. The fourth-order valence-electron chi connectivity index (χ4n) is 2.60. The van der Waals surface area contributed by atoms with Crippen LogP contribution in [-0.2, 0) is 4.79 Å². The molecular formula is C13H26N2O. The van der Waals surface area contributed by atoms with Crippen LogP contribution in [0.5, 0.6) is 0 Å². The predicted octanol–water partition coefficient (Wildman–Crippen LogP) is 2.02. The zero-order valence-corrected chi connectivity index (χ0v) is 11.0. The summed E-state index contributed by atoms with van der Waals surface area (Å²) in [5.74, 6) is 0.350. The Kier molecular flexibility index (Phi) is 5.26. The third-order valence-corrected chi connectivity index (χ3v) is 3.74. The van der Waals surface area contributed by atoms with Crippen molar-refractivity contribution in [2.75, 3.05) is 27.2 Å². The van der Waals surface area contributed by atoms with Gasteiger partial charge in [-0.05, 0) is 32.9 Å². The van der Waals surface area contributed by atoms with E-state index in [1.807, 2.05) is 19.0 Å². The summed E-state index contributed by atoms with van der Waals surface area (Å²) in [6.45, 7) is 3.99. The number of carbonyl (C=O) groups excluding carboxylic acids is 1. The Balaban J connectivity index is 2.41. The zero-order valence-electron chi connectivity index (χ0n) is 11.0. The van der Waals surface area contributed by atoms with Crippen molar-refractivity contribution in [3.8, 4) is 0 Å². The molecule has 1 aliphatic rings. The molecule has 0 aromatic heterocycles. The minimum absolute atomic E-state index is 0.0767. The van der Waals surface area contributed by atoms with E-state index in [1.165, 1.54) is 19.3 Å². The summed E-state index contributed by atoms with van der Waals surface area (Å²) in [4.78, 5) is 14.2. The molecule has 0 heterocycles. The van der Waals surface area contributed by atoms with Crippen molar-refractivity contribution >= 4 is 5.91 Å². The number of rotatable bonds is 5. The molecule has 0 aliphatic heterocycles. The molecule has 0 unspecified atom stereocenters. The number of nitrogens with zero attached hydrogens (tertiary/aromatic N) is 1. The Bertz CT molecular complexity index is 222. The standard InChI is InChI=1S/C13H26N2O/c1-13(8-5-4-6-9-13)12(16)15(3)11-7-10-14-2/h14H,4-11H2,1-3H3. The molecule has 0 radical (unpaired) electrons. The molecule has 0 aromatic carbocycles. The lowest BCUT2D eigenvalue weighted by atomic mass is 9.75. The van der Waals surface area contributed by atoms with Gasteiger partial charge in [0.2, 0.25) is 5.91 Å².